The fourth-order valence-electron chi connectivity index (χ4n) is 4.11. The third-order valence-corrected chi connectivity index (χ3v) is 8.38. The first-order valence-electron chi connectivity index (χ1n) is 12.0. The predicted octanol–water partition coefficient (Wildman–Crippen LogP) is 2.11. The van der Waals surface area contributed by atoms with Crippen molar-refractivity contribution in [3.8, 4) is 40.7 Å². The Morgan fingerprint density at radius 1 is 0.976 bits per heavy atom. The molecule has 4 rings (SSSR count). The summed E-state index contributed by atoms with van der Waals surface area (Å²) >= 11 is 0. The van der Waals surface area contributed by atoms with Crippen LogP contribution in [0, 0.1) is 11.3 Å². The lowest BCUT2D eigenvalue weighted by Crippen LogP contribution is -2.24. The van der Waals surface area contributed by atoms with Crippen LogP contribution in [-0.2, 0) is 19.9 Å². The van der Waals surface area contributed by atoms with Gasteiger partial charge in [0.1, 0.15) is 22.9 Å². The van der Waals surface area contributed by atoms with E-state index in [2.05, 4.69) is 19.9 Å². The molecule has 2 aromatic carbocycles. The zero-order chi connectivity index (χ0) is 30.7. The molecule has 0 spiro atoms. The van der Waals surface area contributed by atoms with E-state index in [0.717, 1.165) is 12.3 Å². The first-order chi connectivity index (χ1) is 19.9. The number of rotatable bonds is 11. The molecular formula is C26H26N6O8S2. The van der Waals surface area contributed by atoms with Crippen LogP contribution in [0.2, 0.25) is 0 Å². The van der Waals surface area contributed by atoms with Crippen molar-refractivity contribution in [2.24, 2.45) is 0 Å². The van der Waals surface area contributed by atoms with E-state index in [1.807, 2.05) is 6.07 Å². The summed E-state index contributed by atoms with van der Waals surface area (Å²) in [6.07, 6.45) is -0.888. The van der Waals surface area contributed by atoms with Gasteiger partial charge >= 0.3 is 0 Å². The van der Waals surface area contributed by atoms with Gasteiger partial charge in [0.05, 0.1) is 49.7 Å². The summed E-state index contributed by atoms with van der Waals surface area (Å²) in [5.41, 5.74) is 0.369. The van der Waals surface area contributed by atoms with E-state index >= 15 is 0 Å². The van der Waals surface area contributed by atoms with Crippen LogP contribution in [0.15, 0.2) is 59.5 Å². The number of ether oxygens (including phenoxy) is 3. The third kappa shape index (κ3) is 6.28. The third-order valence-electron chi connectivity index (χ3n) is 5.98. The lowest BCUT2D eigenvalue weighted by atomic mass is 10.1. The normalized spacial score (nSPS) is 12.3. The van der Waals surface area contributed by atoms with Crippen LogP contribution in [0.4, 0.5) is 5.95 Å². The highest BCUT2D eigenvalue weighted by atomic mass is 32.2. The number of pyridine rings is 1. The molecule has 2 heterocycles. The molecule has 2 N–H and O–H groups in total. The maximum atomic E-state index is 13.4. The Bertz CT molecular complexity index is 1860. The minimum atomic E-state index is -4.42. The van der Waals surface area contributed by atoms with Crippen LogP contribution < -0.4 is 18.9 Å². The van der Waals surface area contributed by atoms with E-state index < -0.39 is 31.7 Å². The highest BCUT2D eigenvalue weighted by Crippen LogP contribution is 2.38. The number of benzene rings is 2. The van der Waals surface area contributed by atoms with Crippen molar-refractivity contribution < 1.29 is 36.2 Å². The Labute approximate surface area is 242 Å². The molecule has 16 heteroatoms. The smallest absolute Gasteiger partial charge is 0.243 e. The van der Waals surface area contributed by atoms with Crippen LogP contribution in [-0.4, -0.2) is 75.0 Å². The number of methoxy groups -OCH3 is 3. The summed E-state index contributed by atoms with van der Waals surface area (Å²) in [5.74, 6) is -0.315. The molecule has 0 radical (unpaired) electrons. The molecule has 14 nitrogen and oxygen atoms in total. The molecule has 0 fully saturated rings. The topological polar surface area (TPSA) is 196 Å². The summed E-state index contributed by atoms with van der Waals surface area (Å²) in [4.78, 5) is 4.02. The Kier molecular flexibility index (Phi) is 8.66. The zero-order valence-electron chi connectivity index (χ0n) is 22.8. The van der Waals surface area contributed by atoms with E-state index in [-0.39, 0.29) is 56.6 Å². The van der Waals surface area contributed by atoms with Gasteiger partial charge in [-0.15, -0.1) is 10.2 Å². The number of para-hydroxylation sites is 1. The minimum absolute atomic E-state index is 0.0323. The first kappa shape index (κ1) is 30.2. The molecule has 0 aliphatic rings. The van der Waals surface area contributed by atoms with E-state index in [1.165, 1.54) is 38.0 Å². The molecule has 42 heavy (non-hydrogen) atoms. The summed E-state index contributed by atoms with van der Waals surface area (Å²) in [7, 11) is -4.06. The quantitative estimate of drug-likeness (QED) is 0.250. The molecule has 0 bridgehead atoms. The largest absolute Gasteiger partial charge is 0.494 e. The zero-order valence-corrected chi connectivity index (χ0v) is 24.5. The molecule has 0 amide bonds. The van der Waals surface area contributed by atoms with Crippen molar-refractivity contribution >= 4 is 25.8 Å². The van der Waals surface area contributed by atoms with Gasteiger partial charge < -0.3 is 19.3 Å². The Morgan fingerprint density at radius 2 is 1.64 bits per heavy atom. The number of nitrogens with one attached hydrogen (secondary N) is 1. The van der Waals surface area contributed by atoms with Crippen molar-refractivity contribution in [1.29, 1.82) is 5.26 Å². The van der Waals surface area contributed by atoms with Crippen molar-refractivity contribution in [2.75, 3.05) is 38.1 Å². The Balaban J connectivity index is 1.81. The summed E-state index contributed by atoms with van der Waals surface area (Å²) < 4.78 is 71.3. The molecule has 0 saturated heterocycles. The number of nitriles is 1. The number of sulfonamides is 1. The molecular weight excluding hydrogens is 588 g/mol. The van der Waals surface area contributed by atoms with Crippen molar-refractivity contribution in [2.45, 2.75) is 11.0 Å². The average molecular weight is 615 g/mol. The van der Waals surface area contributed by atoms with Crippen molar-refractivity contribution in [1.82, 2.24) is 19.7 Å². The van der Waals surface area contributed by atoms with Gasteiger partial charge in [-0.3, -0.25) is 9.29 Å². The van der Waals surface area contributed by atoms with Gasteiger partial charge in [-0.25, -0.2) is 21.8 Å². The fourth-order valence-corrected chi connectivity index (χ4v) is 6.17. The molecule has 220 valence electrons. The monoisotopic (exact) mass is 614 g/mol. The molecule has 0 unspecified atom stereocenters. The number of aliphatic hydroxyl groups is 1. The van der Waals surface area contributed by atoms with Crippen LogP contribution in [0.25, 0.3) is 17.2 Å². The van der Waals surface area contributed by atoms with E-state index in [0.29, 0.717) is 0 Å². The molecule has 1 atom stereocenters. The van der Waals surface area contributed by atoms with E-state index in [1.54, 1.807) is 36.4 Å². The van der Waals surface area contributed by atoms with Crippen molar-refractivity contribution in [3.05, 3.63) is 65.7 Å². The highest BCUT2D eigenvalue weighted by Gasteiger charge is 2.29. The number of hydrogen-bond donors (Lipinski definition) is 2. The molecule has 0 aliphatic heterocycles. The second-order valence-corrected chi connectivity index (χ2v) is 12.5. The summed E-state index contributed by atoms with van der Waals surface area (Å²) in [5, 5.41) is 28.2. The number of nitrogens with zero attached hydrogens (tertiary/aromatic N) is 5. The lowest BCUT2D eigenvalue weighted by molar-refractivity contribution is 0.198. The summed E-state index contributed by atoms with van der Waals surface area (Å²) in [6.45, 7) is 0. The average Bonchev–Trinajstić information content (AvgIpc) is 3.37. The maximum absolute atomic E-state index is 13.4. The van der Waals surface area contributed by atoms with Gasteiger partial charge in [0.2, 0.25) is 21.9 Å². The molecule has 0 aliphatic carbocycles. The van der Waals surface area contributed by atoms with Gasteiger partial charge in [0.25, 0.3) is 0 Å². The van der Waals surface area contributed by atoms with Crippen LogP contribution in [0.3, 0.4) is 0 Å². The highest BCUT2D eigenvalue weighted by molar-refractivity contribution is 7.92. The summed E-state index contributed by atoms with van der Waals surface area (Å²) in [6, 6.07) is 15.2. The van der Waals surface area contributed by atoms with Gasteiger partial charge in [-0.1, -0.05) is 18.2 Å². The second-order valence-electron chi connectivity index (χ2n) is 8.79. The van der Waals surface area contributed by atoms with E-state index in [4.69, 9.17) is 19.5 Å². The molecule has 0 saturated carbocycles. The predicted molar refractivity (Wildman–Crippen MR) is 151 cm³/mol. The Morgan fingerprint density at radius 3 is 2.24 bits per heavy atom. The number of sulfone groups is 1. The van der Waals surface area contributed by atoms with Gasteiger partial charge in [-0.2, -0.15) is 5.26 Å². The van der Waals surface area contributed by atoms with Gasteiger partial charge in [-0.05, 0) is 30.3 Å². The Hall–Kier alpha value is -4.72. The van der Waals surface area contributed by atoms with Crippen molar-refractivity contribution in [3.63, 3.8) is 0 Å². The standard InChI is InChI=1S/C26H26N6O8S2/c1-38-20-8-6-9-21(39-2)24(20)32-25(18-7-5-10-23(28-18)40-3)29-30-26(32)31-42(36,37)15-19(33)17-12-11-16(14-27)13-22(17)41(4,34)35/h5-13,19,33H,15H2,1-4H3,(H,30,31)/t19-/m0/s1. The van der Waals surface area contributed by atoms with Gasteiger partial charge in [0, 0.05) is 17.9 Å². The van der Waals surface area contributed by atoms with Crippen LogP contribution >= 0.6 is 0 Å². The molecule has 4 aromatic rings. The number of aliphatic hydroxyl groups excluding tert-OH is 1. The number of hydrogen-bond acceptors (Lipinski definition) is 12. The minimum Gasteiger partial charge on any atom is -0.494 e. The van der Waals surface area contributed by atoms with Gasteiger partial charge in [0.15, 0.2) is 15.7 Å². The second kappa shape index (κ2) is 12.0. The van der Waals surface area contributed by atoms with Crippen LogP contribution in [0.5, 0.6) is 17.4 Å². The number of anilines is 1. The fraction of sp³-hybridized carbons (Fsp3) is 0.231. The van der Waals surface area contributed by atoms with E-state index in [9.17, 15) is 21.9 Å². The SMILES string of the molecule is COc1cccc(-c2nnc(NS(=O)(=O)C[C@H](O)c3ccc(C#N)cc3S(C)(=O)=O)n2-c2c(OC)cccc2OC)n1. The number of aromatic nitrogens is 4. The lowest BCUT2D eigenvalue weighted by Gasteiger charge is -2.19. The molecule has 2 aromatic heterocycles. The van der Waals surface area contributed by atoms with Crippen LogP contribution in [0.1, 0.15) is 17.2 Å². The maximum Gasteiger partial charge on any atom is 0.243 e. The first-order valence-corrected chi connectivity index (χ1v) is 15.6.